The standard InChI is InChI=1S/C12H10Cl2N2O2/c13-10-6-8(7-16-11(10)14)12(17)15-4-3-9-2-1-5-18-9/h1-2,5-7H,3-4H2,(H,15,17). The lowest BCUT2D eigenvalue weighted by Gasteiger charge is -2.04. The molecule has 0 aliphatic carbocycles. The second-order valence-electron chi connectivity index (χ2n) is 3.58. The zero-order valence-corrected chi connectivity index (χ0v) is 10.8. The number of nitrogens with zero attached hydrogens (tertiary/aromatic N) is 1. The van der Waals surface area contributed by atoms with Crippen molar-refractivity contribution in [2.75, 3.05) is 6.54 Å². The van der Waals surface area contributed by atoms with E-state index in [0.717, 1.165) is 5.76 Å². The Bertz CT molecular complexity index is 541. The number of hydrogen-bond acceptors (Lipinski definition) is 3. The molecule has 0 unspecified atom stereocenters. The van der Waals surface area contributed by atoms with Crippen LogP contribution in [0.5, 0.6) is 0 Å². The van der Waals surface area contributed by atoms with Crippen molar-refractivity contribution in [1.29, 1.82) is 0 Å². The van der Waals surface area contributed by atoms with E-state index in [1.165, 1.54) is 12.3 Å². The van der Waals surface area contributed by atoms with Crippen LogP contribution in [-0.2, 0) is 6.42 Å². The molecule has 2 aromatic heterocycles. The van der Waals surface area contributed by atoms with Crippen LogP contribution in [0, 0.1) is 0 Å². The van der Waals surface area contributed by atoms with Crippen molar-refractivity contribution in [2.24, 2.45) is 0 Å². The summed E-state index contributed by atoms with van der Waals surface area (Å²) in [4.78, 5) is 15.6. The predicted molar refractivity (Wildman–Crippen MR) is 69.0 cm³/mol. The monoisotopic (exact) mass is 284 g/mol. The average molecular weight is 285 g/mol. The normalized spacial score (nSPS) is 10.3. The molecule has 4 nitrogen and oxygen atoms in total. The first-order valence-corrected chi connectivity index (χ1v) is 6.04. The zero-order chi connectivity index (χ0) is 13.0. The molecule has 1 amide bonds. The van der Waals surface area contributed by atoms with Gasteiger partial charge < -0.3 is 9.73 Å². The Morgan fingerprint density at radius 3 is 2.94 bits per heavy atom. The maximum atomic E-state index is 11.8. The fourth-order valence-corrected chi connectivity index (χ4v) is 1.67. The van der Waals surface area contributed by atoms with Gasteiger partial charge in [0.05, 0.1) is 16.8 Å². The smallest absolute Gasteiger partial charge is 0.252 e. The number of pyridine rings is 1. The number of nitrogens with one attached hydrogen (secondary N) is 1. The maximum Gasteiger partial charge on any atom is 0.252 e. The molecule has 0 spiro atoms. The first-order valence-electron chi connectivity index (χ1n) is 5.28. The Kier molecular flexibility index (Phi) is 4.23. The molecule has 0 saturated heterocycles. The van der Waals surface area contributed by atoms with Crippen LogP contribution in [0.4, 0.5) is 0 Å². The van der Waals surface area contributed by atoms with Gasteiger partial charge in [0.15, 0.2) is 0 Å². The number of furan rings is 1. The van der Waals surface area contributed by atoms with Crippen molar-refractivity contribution >= 4 is 29.1 Å². The fraction of sp³-hybridized carbons (Fsp3) is 0.167. The van der Waals surface area contributed by atoms with Crippen molar-refractivity contribution in [3.63, 3.8) is 0 Å². The number of carbonyl (C=O) groups excluding carboxylic acids is 1. The van der Waals surface area contributed by atoms with E-state index in [2.05, 4.69) is 10.3 Å². The number of hydrogen-bond donors (Lipinski definition) is 1. The molecule has 2 aromatic rings. The van der Waals surface area contributed by atoms with Crippen LogP contribution in [0.2, 0.25) is 10.2 Å². The third-order valence-corrected chi connectivity index (χ3v) is 2.98. The molecule has 0 aromatic carbocycles. The summed E-state index contributed by atoms with van der Waals surface area (Å²) in [6.07, 6.45) is 3.62. The largest absolute Gasteiger partial charge is 0.469 e. The molecular formula is C12H10Cl2N2O2. The molecule has 0 saturated carbocycles. The van der Waals surface area contributed by atoms with Gasteiger partial charge in [0.1, 0.15) is 10.9 Å². The number of carbonyl (C=O) groups is 1. The molecule has 1 N–H and O–H groups in total. The van der Waals surface area contributed by atoms with Gasteiger partial charge in [0.25, 0.3) is 5.91 Å². The molecular weight excluding hydrogens is 275 g/mol. The topological polar surface area (TPSA) is 55.1 Å². The minimum atomic E-state index is -0.243. The van der Waals surface area contributed by atoms with E-state index in [-0.39, 0.29) is 16.1 Å². The quantitative estimate of drug-likeness (QED) is 0.879. The van der Waals surface area contributed by atoms with Gasteiger partial charge in [-0.25, -0.2) is 4.98 Å². The third-order valence-electron chi connectivity index (χ3n) is 2.30. The lowest BCUT2D eigenvalue weighted by atomic mass is 10.2. The molecule has 18 heavy (non-hydrogen) atoms. The predicted octanol–water partition coefficient (Wildman–Crippen LogP) is 2.95. The van der Waals surface area contributed by atoms with Gasteiger partial charge in [-0.3, -0.25) is 4.79 Å². The minimum Gasteiger partial charge on any atom is -0.469 e. The Balaban J connectivity index is 1.89. The summed E-state index contributed by atoms with van der Waals surface area (Å²) >= 11 is 11.5. The van der Waals surface area contributed by atoms with E-state index in [9.17, 15) is 4.79 Å². The van der Waals surface area contributed by atoms with E-state index in [0.29, 0.717) is 18.5 Å². The number of amides is 1. The minimum absolute atomic E-state index is 0.184. The maximum absolute atomic E-state index is 11.8. The average Bonchev–Trinajstić information content (AvgIpc) is 2.85. The van der Waals surface area contributed by atoms with Gasteiger partial charge in [-0.2, -0.15) is 0 Å². The van der Waals surface area contributed by atoms with E-state index in [4.69, 9.17) is 27.6 Å². The molecule has 0 atom stereocenters. The highest BCUT2D eigenvalue weighted by atomic mass is 35.5. The summed E-state index contributed by atoms with van der Waals surface area (Å²) in [5, 5.41) is 3.19. The first-order chi connectivity index (χ1) is 8.66. The van der Waals surface area contributed by atoms with Gasteiger partial charge in [-0.15, -0.1) is 0 Å². The van der Waals surface area contributed by atoms with Gasteiger partial charge in [0, 0.05) is 19.2 Å². The van der Waals surface area contributed by atoms with E-state index in [1.807, 2.05) is 6.07 Å². The van der Waals surface area contributed by atoms with E-state index in [1.54, 1.807) is 12.3 Å². The van der Waals surface area contributed by atoms with Crippen LogP contribution in [0.25, 0.3) is 0 Å². The second kappa shape index (κ2) is 5.89. The SMILES string of the molecule is O=C(NCCc1ccco1)c1cnc(Cl)c(Cl)c1. The molecule has 0 aliphatic heterocycles. The van der Waals surface area contributed by atoms with Crippen molar-refractivity contribution in [3.8, 4) is 0 Å². The van der Waals surface area contributed by atoms with E-state index >= 15 is 0 Å². The number of rotatable bonds is 4. The van der Waals surface area contributed by atoms with Crippen molar-refractivity contribution in [3.05, 3.63) is 52.2 Å². The first kappa shape index (κ1) is 12.9. The van der Waals surface area contributed by atoms with Gasteiger partial charge in [-0.1, -0.05) is 23.2 Å². The van der Waals surface area contributed by atoms with Crippen LogP contribution in [0.3, 0.4) is 0 Å². The third kappa shape index (κ3) is 3.24. The Morgan fingerprint density at radius 1 is 1.44 bits per heavy atom. The fourth-order valence-electron chi connectivity index (χ4n) is 1.40. The highest BCUT2D eigenvalue weighted by Gasteiger charge is 2.08. The van der Waals surface area contributed by atoms with Crippen LogP contribution in [-0.4, -0.2) is 17.4 Å². The van der Waals surface area contributed by atoms with Gasteiger partial charge in [0.2, 0.25) is 0 Å². The Labute approximate surface area is 114 Å². The zero-order valence-electron chi connectivity index (χ0n) is 9.32. The molecule has 94 valence electrons. The molecule has 0 bridgehead atoms. The lowest BCUT2D eigenvalue weighted by molar-refractivity contribution is 0.0953. The summed E-state index contributed by atoms with van der Waals surface area (Å²) in [5.74, 6) is 0.579. The Morgan fingerprint density at radius 2 is 2.28 bits per heavy atom. The Hall–Kier alpha value is -1.52. The summed E-state index contributed by atoms with van der Waals surface area (Å²) in [6, 6.07) is 5.14. The summed E-state index contributed by atoms with van der Waals surface area (Å²) in [6.45, 7) is 0.479. The summed E-state index contributed by atoms with van der Waals surface area (Å²) in [7, 11) is 0. The molecule has 2 heterocycles. The van der Waals surface area contributed by atoms with Crippen LogP contribution < -0.4 is 5.32 Å². The summed E-state index contributed by atoms with van der Waals surface area (Å²) < 4.78 is 5.15. The van der Waals surface area contributed by atoms with Crippen LogP contribution in [0.15, 0.2) is 35.1 Å². The number of aromatic nitrogens is 1. The highest BCUT2D eigenvalue weighted by Crippen LogP contribution is 2.19. The van der Waals surface area contributed by atoms with Gasteiger partial charge in [-0.05, 0) is 18.2 Å². The second-order valence-corrected chi connectivity index (χ2v) is 4.35. The molecule has 0 radical (unpaired) electrons. The van der Waals surface area contributed by atoms with Crippen LogP contribution >= 0.6 is 23.2 Å². The number of halogens is 2. The molecule has 6 heteroatoms. The van der Waals surface area contributed by atoms with E-state index < -0.39 is 0 Å². The molecule has 0 fully saturated rings. The summed E-state index contributed by atoms with van der Waals surface area (Å²) in [5.41, 5.74) is 0.379. The van der Waals surface area contributed by atoms with Crippen molar-refractivity contribution in [1.82, 2.24) is 10.3 Å². The van der Waals surface area contributed by atoms with Crippen LogP contribution in [0.1, 0.15) is 16.1 Å². The van der Waals surface area contributed by atoms with Crippen molar-refractivity contribution in [2.45, 2.75) is 6.42 Å². The lowest BCUT2D eigenvalue weighted by Crippen LogP contribution is -2.25. The van der Waals surface area contributed by atoms with Crippen molar-refractivity contribution < 1.29 is 9.21 Å². The van der Waals surface area contributed by atoms with Gasteiger partial charge >= 0.3 is 0 Å². The molecule has 0 aliphatic rings. The highest BCUT2D eigenvalue weighted by molar-refractivity contribution is 6.41. The molecule has 2 rings (SSSR count).